The van der Waals surface area contributed by atoms with Crippen molar-refractivity contribution >= 4 is 24.0 Å². The molecule has 0 saturated heterocycles. The van der Waals surface area contributed by atoms with Gasteiger partial charge >= 0.3 is 0 Å². The number of nitrogens with zero attached hydrogens (tertiary/aromatic N) is 3. The van der Waals surface area contributed by atoms with E-state index in [2.05, 4.69) is 15.6 Å². The lowest BCUT2D eigenvalue weighted by molar-refractivity contribution is 0.388. The number of halogens is 2. The van der Waals surface area contributed by atoms with Gasteiger partial charge in [0.15, 0.2) is 0 Å². The van der Waals surface area contributed by atoms with Crippen LogP contribution in [0.15, 0.2) is 10.6 Å². The number of aryl methyl sites for hydroxylation is 3. The highest BCUT2D eigenvalue weighted by atomic mass is 35.5. The van der Waals surface area contributed by atoms with E-state index >= 15 is 0 Å². The molecule has 0 unspecified atom stereocenters. The normalized spacial score (nSPS) is 10.4. The van der Waals surface area contributed by atoms with Gasteiger partial charge in [-0.25, -0.2) is 0 Å². The van der Waals surface area contributed by atoms with Gasteiger partial charge in [0.2, 0.25) is 0 Å². The fourth-order valence-electron chi connectivity index (χ4n) is 1.69. The van der Waals surface area contributed by atoms with Gasteiger partial charge in [-0.05, 0) is 13.8 Å². The summed E-state index contributed by atoms with van der Waals surface area (Å²) in [5.41, 5.74) is 2.86. The van der Waals surface area contributed by atoms with Crippen LogP contribution in [0.4, 0.5) is 0 Å². The Morgan fingerprint density at radius 3 is 2.61 bits per heavy atom. The van der Waals surface area contributed by atoms with Crippen LogP contribution in [0.1, 0.15) is 22.7 Å². The molecule has 100 valence electrons. The lowest BCUT2D eigenvalue weighted by Crippen LogP contribution is -2.13. The highest BCUT2D eigenvalue weighted by Crippen LogP contribution is 2.18. The average molecular weight is 291 g/mol. The molecule has 5 nitrogen and oxygen atoms in total. The monoisotopic (exact) mass is 290 g/mol. The highest BCUT2D eigenvalue weighted by molar-refractivity contribution is 6.30. The molecule has 0 saturated carbocycles. The fourth-order valence-corrected chi connectivity index (χ4v) is 1.93. The largest absolute Gasteiger partial charge is 0.361 e. The van der Waals surface area contributed by atoms with Crippen molar-refractivity contribution in [3.63, 3.8) is 0 Å². The minimum atomic E-state index is 0. The lowest BCUT2D eigenvalue weighted by Gasteiger charge is -2.01. The van der Waals surface area contributed by atoms with Gasteiger partial charge in [-0.3, -0.25) is 4.68 Å². The molecule has 0 aliphatic heterocycles. The first kappa shape index (κ1) is 15.0. The SMILES string of the molecule is Cc1cc(CNCc2c(C)nn(C)c2Cl)no1.Cl. The predicted octanol–water partition coefficient (Wildman–Crippen LogP) is 2.39. The van der Waals surface area contributed by atoms with Crippen LogP contribution in [0.3, 0.4) is 0 Å². The fraction of sp³-hybridized carbons (Fsp3) is 0.455. The van der Waals surface area contributed by atoms with Crippen LogP contribution in [0.25, 0.3) is 0 Å². The van der Waals surface area contributed by atoms with E-state index in [0.717, 1.165) is 22.7 Å². The molecule has 0 aliphatic carbocycles. The summed E-state index contributed by atoms with van der Waals surface area (Å²) in [6.07, 6.45) is 0. The van der Waals surface area contributed by atoms with Crippen molar-refractivity contribution < 1.29 is 4.52 Å². The maximum Gasteiger partial charge on any atom is 0.133 e. The van der Waals surface area contributed by atoms with Crippen LogP contribution in [0.5, 0.6) is 0 Å². The van der Waals surface area contributed by atoms with E-state index in [-0.39, 0.29) is 12.4 Å². The Kier molecular flexibility index (Phi) is 5.19. The second-order valence-electron chi connectivity index (χ2n) is 4.01. The average Bonchev–Trinajstić information content (AvgIpc) is 2.78. The van der Waals surface area contributed by atoms with Gasteiger partial charge in [-0.1, -0.05) is 16.8 Å². The van der Waals surface area contributed by atoms with E-state index < -0.39 is 0 Å². The van der Waals surface area contributed by atoms with Gasteiger partial charge in [0.1, 0.15) is 10.9 Å². The summed E-state index contributed by atoms with van der Waals surface area (Å²) >= 11 is 6.13. The van der Waals surface area contributed by atoms with Crippen molar-refractivity contribution in [1.29, 1.82) is 0 Å². The molecule has 0 aliphatic rings. The summed E-state index contributed by atoms with van der Waals surface area (Å²) in [5.74, 6) is 0.817. The molecule has 0 spiro atoms. The van der Waals surface area contributed by atoms with Crippen LogP contribution in [0, 0.1) is 13.8 Å². The summed E-state index contributed by atoms with van der Waals surface area (Å²) in [7, 11) is 1.83. The van der Waals surface area contributed by atoms with Crippen LogP contribution in [-0.2, 0) is 20.1 Å². The third-order valence-electron chi connectivity index (χ3n) is 2.55. The molecule has 0 amide bonds. The smallest absolute Gasteiger partial charge is 0.133 e. The second-order valence-corrected chi connectivity index (χ2v) is 4.37. The summed E-state index contributed by atoms with van der Waals surface area (Å²) in [5, 5.41) is 12.1. The van der Waals surface area contributed by atoms with E-state index in [1.807, 2.05) is 27.0 Å². The Morgan fingerprint density at radius 1 is 1.39 bits per heavy atom. The summed E-state index contributed by atoms with van der Waals surface area (Å²) in [6, 6.07) is 1.91. The van der Waals surface area contributed by atoms with E-state index in [9.17, 15) is 0 Å². The van der Waals surface area contributed by atoms with Gasteiger partial charge in [0, 0.05) is 31.8 Å². The summed E-state index contributed by atoms with van der Waals surface area (Å²) in [6.45, 7) is 5.15. The zero-order chi connectivity index (χ0) is 12.4. The molecule has 0 radical (unpaired) electrons. The maximum atomic E-state index is 6.13. The Balaban J connectivity index is 0.00000162. The molecule has 0 atom stereocenters. The zero-order valence-electron chi connectivity index (χ0n) is 10.5. The van der Waals surface area contributed by atoms with Crippen LogP contribution in [0.2, 0.25) is 5.15 Å². The minimum Gasteiger partial charge on any atom is -0.361 e. The molecule has 7 heteroatoms. The molecule has 0 aromatic carbocycles. The number of hydrogen-bond donors (Lipinski definition) is 1. The lowest BCUT2D eigenvalue weighted by atomic mass is 10.2. The Bertz CT molecular complexity index is 521. The standard InChI is InChI=1S/C11H15ClN4O.ClH/c1-7-4-9(15-17-7)5-13-6-10-8(2)14-16(3)11(10)12;/h4,13H,5-6H2,1-3H3;1H. The molecular formula is C11H16Cl2N4O. The quantitative estimate of drug-likeness (QED) is 0.939. The van der Waals surface area contributed by atoms with Gasteiger partial charge in [0.05, 0.1) is 11.4 Å². The number of rotatable bonds is 4. The van der Waals surface area contributed by atoms with Crippen molar-refractivity contribution in [1.82, 2.24) is 20.3 Å². The second kappa shape index (κ2) is 6.22. The Labute approximate surface area is 117 Å². The molecule has 2 heterocycles. The van der Waals surface area contributed by atoms with E-state index in [4.69, 9.17) is 16.1 Å². The van der Waals surface area contributed by atoms with Gasteiger partial charge in [-0.2, -0.15) is 5.10 Å². The van der Waals surface area contributed by atoms with Gasteiger partial charge < -0.3 is 9.84 Å². The van der Waals surface area contributed by atoms with E-state index in [0.29, 0.717) is 18.2 Å². The van der Waals surface area contributed by atoms with Crippen LogP contribution < -0.4 is 5.32 Å². The predicted molar refractivity (Wildman–Crippen MR) is 72.0 cm³/mol. The Morgan fingerprint density at radius 2 is 2.11 bits per heavy atom. The van der Waals surface area contributed by atoms with Crippen LogP contribution >= 0.6 is 24.0 Å². The topological polar surface area (TPSA) is 55.9 Å². The van der Waals surface area contributed by atoms with Crippen molar-refractivity contribution in [3.8, 4) is 0 Å². The number of aromatic nitrogens is 3. The molecule has 1 N–H and O–H groups in total. The molecule has 2 aromatic rings. The van der Waals surface area contributed by atoms with Crippen molar-refractivity contribution in [3.05, 3.63) is 33.9 Å². The first-order valence-electron chi connectivity index (χ1n) is 5.39. The first-order valence-corrected chi connectivity index (χ1v) is 5.76. The molecule has 0 fully saturated rings. The number of hydrogen-bond acceptors (Lipinski definition) is 4. The van der Waals surface area contributed by atoms with Crippen molar-refractivity contribution in [2.24, 2.45) is 7.05 Å². The zero-order valence-corrected chi connectivity index (χ0v) is 12.1. The van der Waals surface area contributed by atoms with Crippen molar-refractivity contribution in [2.75, 3.05) is 0 Å². The van der Waals surface area contributed by atoms with E-state index in [1.165, 1.54) is 0 Å². The summed E-state index contributed by atoms with van der Waals surface area (Å²) in [4.78, 5) is 0. The number of nitrogens with one attached hydrogen (secondary N) is 1. The molecule has 2 rings (SSSR count). The molecule has 2 aromatic heterocycles. The highest BCUT2D eigenvalue weighted by Gasteiger charge is 2.10. The molecule has 18 heavy (non-hydrogen) atoms. The van der Waals surface area contributed by atoms with Gasteiger partial charge in [-0.15, -0.1) is 12.4 Å². The van der Waals surface area contributed by atoms with E-state index in [1.54, 1.807) is 4.68 Å². The maximum absolute atomic E-state index is 6.13. The first-order chi connectivity index (χ1) is 8.08. The molecule has 0 bridgehead atoms. The van der Waals surface area contributed by atoms with Crippen molar-refractivity contribution in [2.45, 2.75) is 26.9 Å². The van der Waals surface area contributed by atoms with Gasteiger partial charge in [0.25, 0.3) is 0 Å². The third-order valence-corrected chi connectivity index (χ3v) is 3.03. The third kappa shape index (κ3) is 3.25. The minimum absolute atomic E-state index is 0. The van der Waals surface area contributed by atoms with Crippen LogP contribution in [-0.4, -0.2) is 14.9 Å². The Hall–Kier alpha value is -1.04. The summed E-state index contributed by atoms with van der Waals surface area (Å²) < 4.78 is 6.66. The molecular weight excluding hydrogens is 275 g/mol.